The standard InChI is InChI=1S/C37H42F2N8O4S/c1-48-10-4-8-45-14-20-5-6-21(15-45)47(20)35-29-25-18-50-17-24(25)27(31-28-23(12-40)34(41)52-33(28)26(38)13-42-31)30(39)32(29)43-36(44-35)51-19-37-7-3-9-46(37)16-22(11-37)49-2/h13,20-22H,3-11,14-19,41H2,1-2H3. The summed E-state index contributed by atoms with van der Waals surface area (Å²) in [6.45, 7) is 5.93. The van der Waals surface area contributed by atoms with Gasteiger partial charge in [0.25, 0.3) is 0 Å². The van der Waals surface area contributed by atoms with E-state index in [1.54, 1.807) is 14.2 Å². The minimum atomic E-state index is -0.631. The molecule has 4 atom stereocenters. The van der Waals surface area contributed by atoms with Gasteiger partial charge >= 0.3 is 6.01 Å². The highest BCUT2D eigenvalue weighted by Gasteiger charge is 2.50. The number of likely N-dealkylation sites (tertiary alicyclic amines) is 1. The molecule has 1 aromatic carbocycles. The Labute approximate surface area is 304 Å². The summed E-state index contributed by atoms with van der Waals surface area (Å²) in [5.41, 5.74) is 7.81. The van der Waals surface area contributed by atoms with Gasteiger partial charge in [-0.3, -0.25) is 14.8 Å². The third-order valence-corrected chi connectivity index (χ3v) is 13.0. The van der Waals surface area contributed by atoms with Gasteiger partial charge < -0.3 is 29.6 Å². The molecule has 5 aliphatic heterocycles. The van der Waals surface area contributed by atoms with Crippen molar-refractivity contribution in [3.05, 3.63) is 34.5 Å². The molecule has 12 nitrogen and oxygen atoms in total. The molecule has 0 amide bonds. The minimum absolute atomic E-state index is 0.0767. The SMILES string of the molecule is COCCCN1CC2CCC(C1)N2c1nc(OCC23CCCN2CC(OC)C3)nc2c(F)c(-c3ncc(F)c4sc(N)c(C#N)c34)c3c(c12)COC3. The largest absolute Gasteiger partial charge is 0.461 e. The van der Waals surface area contributed by atoms with Crippen molar-refractivity contribution in [1.29, 1.82) is 5.26 Å². The number of piperazine rings is 1. The fourth-order valence-corrected chi connectivity index (χ4v) is 10.6. The monoisotopic (exact) mass is 732 g/mol. The Morgan fingerprint density at radius 2 is 1.92 bits per heavy atom. The van der Waals surface area contributed by atoms with E-state index in [0.29, 0.717) is 30.0 Å². The second-order valence-corrected chi connectivity index (χ2v) is 15.9. The molecule has 15 heteroatoms. The van der Waals surface area contributed by atoms with Crippen LogP contribution in [0.15, 0.2) is 6.20 Å². The average molecular weight is 733 g/mol. The Morgan fingerprint density at radius 3 is 2.69 bits per heavy atom. The first-order valence-electron chi connectivity index (χ1n) is 18.1. The number of aromatic nitrogens is 3. The van der Waals surface area contributed by atoms with Crippen LogP contribution >= 0.6 is 11.3 Å². The molecule has 4 fully saturated rings. The molecule has 2 bridgehead atoms. The van der Waals surface area contributed by atoms with E-state index in [0.717, 1.165) is 94.3 Å². The molecule has 274 valence electrons. The van der Waals surface area contributed by atoms with Crippen molar-refractivity contribution in [3.63, 3.8) is 0 Å². The van der Waals surface area contributed by atoms with Gasteiger partial charge in [0, 0.05) is 70.0 Å². The van der Waals surface area contributed by atoms with Crippen LogP contribution in [0.4, 0.5) is 19.6 Å². The number of nitrogen functional groups attached to an aromatic ring is 1. The fraction of sp³-hybridized carbons (Fsp3) is 0.568. The van der Waals surface area contributed by atoms with Crippen molar-refractivity contribution in [2.45, 2.75) is 75.5 Å². The predicted octanol–water partition coefficient (Wildman–Crippen LogP) is 4.99. The predicted molar refractivity (Wildman–Crippen MR) is 192 cm³/mol. The third-order valence-electron chi connectivity index (χ3n) is 12.0. The summed E-state index contributed by atoms with van der Waals surface area (Å²) < 4.78 is 56.5. The van der Waals surface area contributed by atoms with Gasteiger partial charge in [0.1, 0.15) is 29.0 Å². The number of anilines is 2. The zero-order chi connectivity index (χ0) is 35.7. The quantitative estimate of drug-likeness (QED) is 0.220. The van der Waals surface area contributed by atoms with Crippen molar-refractivity contribution >= 4 is 43.1 Å². The molecule has 0 radical (unpaired) electrons. The van der Waals surface area contributed by atoms with E-state index in [9.17, 15) is 5.26 Å². The number of hydrogen-bond acceptors (Lipinski definition) is 13. The maximum Gasteiger partial charge on any atom is 0.319 e. The van der Waals surface area contributed by atoms with Crippen LogP contribution in [-0.2, 0) is 27.4 Å². The molecule has 0 aliphatic carbocycles. The number of rotatable bonds is 10. The number of nitrogens with zero attached hydrogens (tertiary/aromatic N) is 7. The van der Waals surface area contributed by atoms with Crippen LogP contribution in [0.2, 0.25) is 0 Å². The number of nitriles is 1. The first kappa shape index (κ1) is 34.0. The molecule has 5 aliphatic rings. The number of pyridine rings is 1. The van der Waals surface area contributed by atoms with Gasteiger partial charge in [0.2, 0.25) is 0 Å². The van der Waals surface area contributed by atoms with Crippen molar-refractivity contribution in [2.24, 2.45) is 0 Å². The molecule has 3 aromatic heterocycles. The Bertz CT molecular complexity index is 2100. The number of hydrogen-bond donors (Lipinski definition) is 1. The number of nitrogens with two attached hydrogens (primary N) is 1. The molecular weight excluding hydrogens is 691 g/mol. The van der Waals surface area contributed by atoms with E-state index in [-0.39, 0.29) is 80.4 Å². The summed E-state index contributed by atoms with van der Waals surface area (Å²) >= 11 is 0.957. The lowest BCUT2D eigenvalue weighted by atomic mass is 9.93. The van der Waals surface area contributed by atoms with Gasteiger partial charge in [-0.1, -0.05) is 0 Å². The lowest BCUT2D eigenvalue weighted by Crippen LogP contribution is -2.54. The van der Waals surface area contributed by atoms with Crippen molar-refractivity contribution in [1.82, 2.24) is 24.8 Å². The molecular formula is C37H42F2N8O4S. The van der Waals surface area contributed by atoms with Gasteiger partial charge in [-0.15, -0.1) is 11.3 Å². The molecule has 4 unspecified atom stereocenters. The normalized spacial score (nSPS) is 25.8. The first-order valence-corrected chi connectivity index (χ1v) is 19.0. The summed E-state index contributed by atoms with van der Waals surface area (Å²) in [6.07, 6.45) is 7.03. The van der Waals surface area contributed by atoms with Gasteiger partial charge in [-0.2, -0.15) is 15.2 Å². The number of fused-ring (bicyclic) bond motifs is 7. The van der Waals surface area contributed by atoms with E-state index >= 15 is 8.78 Å². The minimum Gasteiger partial charge on any atom is -0.461 e. The van der Waals surface area contributed by atoms with Crippen LogP contribution in [0.1, 0.15) is 55.2 Å². The van der Waals surface area contributed by atoms with Crippen LogP contribution < -0.4 is 15.4 Å². The van der Waals surface area contributed by atoms with E-state index in [1.165, 1.54) is 0 Å². The van der Waals surface area contributed by atoms with Crippen LogP contribution in [0.25, 0.3) is 32.2 Å². The smallest absolute Gasteiger partial charge is 0.319 e. The van der Waals surface area contributed by atoms with Crippen LogP contribution in [0.5, 0.6) is 6.01 Å². The van der Waals surface area contributed by atoms with Crippen molar-refractivity contribution < 1.29 is 27.7 Å². The Morgan fingerprint density at radius 1 is 1.12 bits per heavy atom. The molecule has 0 saturated carbocycles. The molecule has 0 spiro atoms. The Balaban J connectivity index is 1.21. The number of methoxy groups -OCH3 is 2. The van der Waals surface area contributed by atoms with Crippen LogP contribution in [0, 0.1) is 23.0 Å². The molecule has 2 N–H and O–H groups in total. The van der Waals surface area contributed by atoms with Gasteiger partial charge in [0.05, 0.1) is 52.4 Å². The molecule has 9 rings (SSSR count). The zero-order valence-corrected chi connectivity index (χ0v) is 30.2. The van der Waals surface area contributed by atoms with Gasteiger partial charge in [-0.25, -0.2) is 8.78 Å². The number of ether oxygens (including phenoxy) is 4. The van der Waals surface area contributed by atoms with E-state index < -0.39 is 11.6 Å². The second-order valence-electron chi connectivity index (χ2n) is 14.8. The lowest BCUT2D eigenvalue weighted by molar-refractivity contribution is 0.0997. The second kappa shape index (κ2) is 13.3. The maximum atomic E-state index is 17.6. The highest BCUT2D eigenvalue weighted by atomic mass is 32.1. The number of halogens is 2. The number of thiophene rings is 1. The summed E-state index contributed by atoms with van der Waals surface area (Å²) in [5, 5.41) is 11.0. The molecule has 4 saturated heterocycles. The van der Waals surface area contributed by atoms with E-state index in [1.807, 2.05) is 0 Å². The summed E-state index contributed by atoms with van der Waals surface area (Å²) in [5.74, 6) is -0.590. The molecule has 8 heterocycles. The van der Waals surface area contributed by atoms with Gasteiger partial charge in [0.15, 0.2) is 11.6 Å². The fourth-order valence-electron chi connectivity index (χ4n) is 9.65. The Hall–Kier alpha value is -3.78. The van der Waals surface area contributed by atoms with Crippen LogP contribution in [0.3, 0.4) is 0 Å². The highest BCUT2D eigenvalue weighted by molar-refractivity contribution is 7.23. The lowest BCUT2D eigenvalue weighted by Gasteiger charge is -2.42. The Kier molecular flexibility index (Phi) is 8.67. The van der Waals surface area contributed by atoms with E-state index in [4.69, 9.17) is 34.6 Å². The van der Waals surface area contributed by atoms with Crippen molar-refractivity contribution in [3.8, 4) is 23.3 Å². The highest BCUT2D eigenvalue weighted by Crippen LogP contribution is 2.48. The van der Waals surface area contributed by atoms with Crippen LogP contribution in [-0.4, -0.2) is 109 Å². The first-order chi connectivity index (χ1) is 25.3. The topological polar surface area (TPSA) is 135 Å². The average Bonchev–Trinajstić information content (AvgIpc) is 3.96. The molecule has 52 heavy (non-hydrogen) atoms. The zero-order valence-electron chi connectivity index (χ0n) is 29.4. The number of benzene rings is 1. The van der Waals surface area contributed by atoms with E-state index in [2.05, 4.69) is 25.8 Å². The maximum absolute atomic E-state index is 17.6. The molecule has 4 aromatic rings. The summed E-state index contributed by atoms with van der Waals surface area (Å²) in [6, 6.07) is 2.57. The summed E-state index contributed by atoms with van der Waals surface area (Å²) in [7, 11) is 3.48. The van der Waals surface area contributed by atoms with Gasteiger partial charge in [-0.05, 0) is 56.2 Å². The third kappa shape index (κ3) is 5.33. The van der Waals surface area contributed by atoms with Crippen molar-refractivity contribution in [2.75, 3.05) is 70.8 Å². The summed E-state index contributed by atoms with van der Waals surface area (Å²) in [4.78, 5) is 21.7.